The molecule has 1 saturated carbocycles. The highest BCUT2D eigenvalue weighted by Crippen LogP contribution is 2.20. The largest absolute Gasteiger partial charge is 0.316 e. The summed E-state index contributed by atoms with van der Waals surface area (Å²) < 4.78 is 26.1. The van der Waals surface area contributed by atoms with E-state index in [2.05, 4.69) is 10.0 Å². The molecule has 2 N–H and O–H groups in total. The van der Waals surface area contributed by atoms with Gasteiger partial charge in [0.05, 0.1) is 5.75 Å². The van der Waals surface area contributed by atoms with Crippen LogP contribution in [-0.4, -0.2) is 33.3 Å². The molecule has 2 rings (SSSR count). The SMILES string of the molecule is O=S(=O)(CCC1CCNC1)NC1CCC1. The van der Waals surface area contributed by atoms with Crippen LogP contribution in [0.5, 0.6) is 0 Å². The van der Waals surface area contributed by atoms with E-state index in [1.165, 1.54) is 6.42 Å². The molecule has 1 aliphatic carbocycles. The van der Waals surface area contributed by atoms with Crippen molar-refractivity contribution in [2.24, 2.45) is 5.92 Å². The maximum atomic E-state index is 11.7. The van der Waals surface area contributed by atoms with Gasteiger partial charge in [-0.25, -0.2) is 13.1 Å². The molecule has 2 aliphatic rings. The van der Waals surface area contributed by atoms with E-state index < -0.39 is 10.0 Å². The fourth-order valence-corrected chi connectivity index (χ4v) is 3.63. The zero-order chi connectivity index (χ0) is 10.7. The summed E-state index contributed by atoms with van der Waals surface area (Å²) in [4.78, 5) is 0. The Hall–Kier alpha value is -0.130. The van der Waals surface area contributed by atoms with Gasteiger partial charge in [0.1, 0.15) is 0 Å². The van der Waals surface area contributed by atoms with Crippen LogP contribution in [0.4, 0.5) is 0 Å². The van der Waals surface area contributed by atoms with Crippen molar-refractivity contribution < 1.29 is 8.42 Å². The summed E-state index contributed by atoms with van der Waals surface area (Å²) in [5.41, 5.74) is 0. The first kappa shape index (κ1) is 11.4. The van der Waals surface area contributed by atoms with Crippen molar-refractivity contribution in [3.63, 3.8) is 0 Å². The van der Waals surface area contributed by atoms with Gasteiger partial charge in [-0.3, -0.25) is 0 Å². The highest BCUT2D eigenvalue weighted by Gasteiger charge is 2.24. The number of hydrogen-bond donors (Lipinski definition) is 2. The first-order valence-electron chi connectivity index (χ1n) is 5.86. The third-order valence-corrected chi connectivity index (χ3v) is 4.87. The van der Waals surface area contributed by atoms with Crippen LogP contribution >= 0.6 is 0 Å². The highest BCUT2D eigenvalue weighted by atomic mass is 32.2. The van der Waals surface area contributed by atoms with Crippen molar-refractivity contribution in [2.75, 3.05) is 18.8 Å². The number of sulfonamides is 1. The second kappa shape index (κ2) is 4.80. The normalized spacial score (nSPS) is 27.9. The van der Waals surface area contributed by atoms with Gasteiger partial charge < -0.3 is 5.32 Å². The summed E-state index contributed by atoms with van der Waals surface area (Å²) in [6, 6.07) is 0.233. The fourth-order valence-electron chi connectivity index (χ4n) is 2.12. The van der Waals surface area contributed by atoms with Crippen LogP contribution in [0.15, 0.2) is 0 Å². The fraction of sp³-hybridized carbons (Fsp3) is 1.00. The molecule has 0 bridgehead atoms. The Bertz CT molecular complexity index is 293. The molecule has 0 amide bonds. The van der Waals surface area contributed by atoms with E-state index in [-0.39, 0.29) is 6.04 Å². The van der Waals surface area contributed by atoms with Crippen LogP contribution in [0, 0.1) is 5.92 Å². The molecule has 4 nitrogen and oxygen atoms in total. The van der Waals surface area contributed by atoms with Crippen LogP contribution in [0.3, 0.4) is 0 Å². The average Bonchev–Trinajstić information content (AvgIpc) is 2.61. The molecule has 1 aliphatic heterocycles. The molecule has 0 radical (unpaired) electrons. The van der Waals surface area contributed by atoms with E-state index in [0.717, 1.165) is 38.8 Å². The third-order valence-electron chi connectivity index (χ3n) is 3.41. The van der Waals surface area contributed by atoms with Crippen LogP contribution in [0.25, 0.3) is 0 Å². The van der Waals surface area contributed by atoms with E-state index in [9.17, 15) is 8.42 Å². The second-order valence-electron chi connectivity index (χ2n) is 4.71. The molecule has 1 atom stereocenters. The monoisotopic (exact) mass is 232 g/mol. The third kappa shape index (κ3) is 3.43. The topological polar surface area (TPSA) is 58.2 Å². The van der Waals surface area contributed by atoms with Gasteiger partial charge in [0.25, 0.3) is 0 Å². The van der Waals surface area contributed by atoms with Gasteiger partial charge in [-0.1, -0.05) is 6.42 Å². The predicted molar refractivity (Wildman–Crippen MR) is 60.2 cm³/mol. The van der Waals surface area contributed by atoms with Crippen molar-refractivity contribution in [1.29, 1.82) is 0 Å². The lowest BCUT2D eigenvalue weighted by Crippen LogP contribution is -2.40. The van der Waals surface area contributed by atoms with E-state index in [4.69, 9.17) is 0 Å². The summed E-state index contributed by atoms with van der Waals surface area (Å²) in [5, 5.41) is 3.26. The maximum absolute atomic E-state index is 11.7. The van der Waals surface area contributed by atoms with Crippen molar-refractivity contribution in [3.8, 4) is 0 Å². The van der Waals surface area contributed by atoms with Crippen molar-refractivity contribution in [3.05, 3.63) is 0 Å². The van der Waals surface area contributed by atoms with Gasteiger partial charge in [-0.15, -0.1) is 0 Å². The second-order valence-corrected chi connectivity index (χ2v) is 6.59. The van der Waals surface area contributed by atoms with Crippen molar-refractivity contribution in [2.45, 2.75) is 38.1 Å². The minimum Gasteiger partial charge on any atom is -0.316 e. The van der Waals surface area contributed by atoms with Gasteiger partial charge in [-0.2, -0.15) is 0 Å². The summed E-state index contributed by atoms with van der Waals surface area (Å²) in [7, 11) is -3.01. The van der Waals surface area contributed by atoms with E-state index in [0.29, 0.717) is 11.7 Å². The number of rotatable bonds is 5. The molecular formula is C10H20N2O2S. The summed E-state index contributed by atoms with van der Waals surface area (Å²) >= 11 is 0. The average molecular weight is 232 g/mol. The maximum Gasteiger partial charge on any atom is 0.211 e. The summed E-state index contributed by atoms with van der Waals surface area (Å²) in [6.45, 7) is 2.03. The Labute approximate surface area is 91.9 Å². The molecule has 0 aromatic heterocycles. The van der Waals surface area contributed by atoms with Gasteiger partial charge in [0.2, 0.25) is 10.0 Å². The molecule has 1 heterocycles. The Balaban J connectivity index is 1.71. The summed E-state index contributed by atoms with van der Waals surface area (Å²) in [5.74, 6) is 0.860. The number of hydrogen-bond acceptors (Lipinski definition) is 3. The Kier molecular flexibility index (Phi) is 3.64. The molecule has 1 unspecified atom stereocenters. The smallest absolute Gasteiger partial charge is 0.211 e. The van der Waals surface area contributed by atoms with Gasteiger partial charge in [-0.05, 0) is 44.7 Å². The quantitative estimate of drug-likeness (QED) is 0.724. The molecule has 0 spiro atoms. The lowest BCUT2D eigenvalue weighted by atomic mass is 9.94. The molecular weight excluding hydrogens is 212 g/mol. The first-order valence-corrected chi connectivity index (χ1v) is 7.52. The van der Waals surface area contributed by atoms with Crippen LogP contribution in [0.2, 0.25) is 0 Å². The van der Waals surface area contributed by atoms with E-state index in [1.54, 1.807) is 0 Å². The van der Waals surface area contributed by atoms with Crippen LogP contribution < -0.4 is 10.0 Å². The number of nitrogens with one attached hydrogen (secondary N) is 2. The van der Waals surface area contributed by atoms with Crippen LogP contribution in [-0.2, 0) is 10.0 Å². The van der Waals surface area contributed by atoms with Gasteiger partial charge in [0.15, 0.2) is 0 Å². The molecule has 1 saturated heterocycles. The highest BCUT2D eigenvalue weighted by molar-refractivity contribution is 7.89. The Morgan fingerprint density at radius 1 is 1.27 bits per heavy atom. The standard InChI is InChI=1S/C10H20N2O2S/c13-15(14,12-10-2-1-3-10)7-5-9-4-6-11-8-9/h9-12H,1-8H2. The van der Waals surface area contributed by atoms with E-state index in [1.807, 2.05) is 0 Å². The zero-order valence-electron chi connectivity index (χ0n) is 9.04. The van der Waals surface area contributed by atoms with Crippen LogP contribution in [0.1, 0.15) is 32.1 Å². The molecule has 88 valence electrons. The Morgan fingerprint density at radius 3 is 2.60 bits per heavy atom. The lowest BCUT2D eigenvalue weighted by molar-refractivity contribution is 0.382. The van der Waals surface area contributed by atoms with Crippen molar-refractivity contribution in [1.82, 2.24) is 10.0 Å². The molecule has 15 heavy (non-hydrogen) atoms. The van der Waals surface area contributed by atoms with Gasteiger partial charge >= 0.3 is 0 Å². The minimum absolute atomic E-state index is 0.233. The molecule has 2 fully saturated rings. The first-order chi connectivity index (χ1) is 7.16. The molecule has 0 aromatic carbocycles. The Morgan fingerprint density at radius 2 is 2.07 bits per heavy atom. The zero-order valence-corrected chi connectivity index (χ0v) is 9.85. The lowest BCUT2D eigenvalue weighted by Gasteiger charge is -2.26. The predicted octanol–water partition coefficient (Wildman–Crippen LogP) is 0.458. The molecule has 5 heteroatoms. The van der Waals surface area contributed by atoms with E-state index >= 15 is 0 Å². The summed E-state index contributed by atoms with van der Waals surface area (Å²) in [6.07, 6.45) is 5.13. The minimum atomic E-state index is -3.01. The van der Waals surface area contributed by atoms with Crippen molar-refractivity contribution >= 4 is 10.0 Å². The molecule has 0 aromatic rings. The van der Waals surface area contributed by atoms with Gasteiger partial charge in [0, 0.05) is 6.04 Å².